The van der Waals surface area contributed by atoms with Gasteiger partial charge in [-0.3, -0.25) is 25.8 Å². The number of nitro groups is 1. The van der Waals surface area contributed by atoms with Crippen LogP contribution < -0.4 is 15.8 Å². The van der Waals surface area contributed by atoms with Crippen LogP contribution in [0.3, 0.4) is 0 Å². The normalized spacial score (nSPS) is 24.0. The van der Waals surface area contributed by atoms with E-state index < -0.39 is 16.6 Å². The van der Waals surface area contributed by atoms with E-state index in [0.717, 1.165) is 25.3 Å². The van der Waals surface area contributed by atoms with Gasteiger partial charge in [-0.25, -0.2) is 14.4 Å². The summed E-state index contributed by atoms with van der Waals surface area (Å²) in [5, 5.41) is 12.0. The number of anilines is 2. The zero-order valence-corrected chi connectivity index (χ0v) is 17.7. The van der Waals surface area contributed by atoms with Crippen LogP contribution >= 0.6 is 0 Å². The summed E-state index contributed by atoms with van der Waals surface area (Å²) in [7, 11) is 0. The second-order valence-corrected chi connectivity index (χ2v) is 9.55. The summed E-state index contributed by atoms with van der Waals surface area (Å²) in [5.41, 5.74) is 4.47. The van der Waals surface area contributed by atoms with Crippen LogP contribution in [-0.2, 0) is 0 Å². The fourth-order valence-electron chi connectivity index (χ4n) is 5.38. The molecule has 1 aromatic heterocycles. The van der Waals surface area contributed by atoms with Crippen molar-refractivity contribution < 1.29 is 14.1 Å². The molecule has 1 aromatic carbocycles. The molecule has 1 amide bonds. The average molecular weight is 428 g/mol. The fourth-order valence-corrected chi connectivity index (χ4v) is 5.38. The van der Waals surface area contributed by atoms with Crippen LogP contribution in [0.4, 0.5) is 21.7 Å². The molecule has 2 aliphatic rings. The van der Waals surface area contributed by atoms with E-state index in [9.17, 15) is 19.3 Å². The topological polar surface area (TPSA) is 113 Å². The number of nitrogens with one attached hydrogen (secondary N) is 2. The average Bonchev–Trinajstić information content (AvgIpc) is 2.94. The van der Waals surface area contributed by atoms with E-state index in [-0.39, 0.29) is 39.8 Å². The Morgan fingerprint density at radius 2 is 2.00 bits per heavy atom. The highest BCUT2D eigenvalue weighted by atomic mass is 19.1. The van der Waals surface area contributed by atoms with E-state index in [1.807, 2.05) is 4.90 Å². The third-order valence-electron chi connectivity index (χ3n) is 6.09. The minimum atomic E-state index is -0.765. The van der Waals surface area contributed by atoms with Gasteiger partial charge < -0.3 is 4.90 Å². The Kier molecular flexibility index (Phi) is 5.03. The third kappa shape index (κ3) is 4.01. The molecule has 2 atom stereocenters. The lowest BCUT2D eigenvalue weighted by Crippen LogP contribution is -2.35. The van der Waals surface area contributed by atoms with Gasteiger partial charge in [-0.2, -0.15) is 0 Å². The van der Waals surface area contributed by atoms with Gasteiger partial charge in [0.2, 0.25) is 11.6 Å². The Labute approximate surface area is 179 Å². The summed E-state index contributed by atoms with van der Waals surface area (Å²) >= 11 is 0. The van der Waals surface area contributed by atoms with Gasteiger partial charge in [0, 0.05) is 12.6 Å². The van der Waals surface area contributed by atoms with Crippen LogP contribution in [0.25, 0.3) is 0 Å². The number of hydrogen-bond acceptors (Lipinski definition) is 7. The van der Waals surface area contributed by atoms with Gasteiger partial charge in [0.15, 0.2) is 0 Å². The highest BCUT2D eigenvalue weighted by Crippen LogP contribution is 2.54. The van der Waals surface area contributed by atoms with Crippen molar-refractivity contribution in [2.75, 3.05) is 16.9 Å². The number of hydrogen-bond donors (Lipinski definition) is 2. The molecule has 2 fully saturated rings. The Morgan fingerprint density at radius 1 is 1.26 bits per heavy atom. The summed E-state index contributed by atoms with van der Waals surface area (Å²) in [6.45, 7) is 7.32. The molecular formula is C21H25FN6O3. The van der Waals surface area contributed by atoms with Crippen molar-refractivity contribution in [3.8, 4) is 0 Å². The van der Waals surface area contributed by atoms with Crippen LogP contribution in [-0.4, -0.2) is 33.4 Å². The zero-order valence-electron chi connectivity index (χ0n) is 17.7. The second kappa shape index (κ2) is 7.44. The summed E-state index contributed by atoms with van der Waals surface area (Å²) in [5.74, 6) is -1.38. The van der Waals surface area contributed by atoms with Gasteiger partial charge >= 0.3 is 5.69 Å². The largest absolute Gasteiger partial charge is 0.355 e. The second-order valence-electron chi connectivity index (χ2n) is 9.55. The smallest absolute Gasteiger partial charge is 0.347 e. The van der Waals surface area contributed by atoms with Crippen molar-refractivity contribution >= 4 is 23.2 Å². The van der Waals surface area contributed by atoms with Crippen LogP contribution in [0.2, 0.25) is 0 Å². The lowest BCUT2D eigenvalue weighted by Gasteiger charge is -2.39. The Hall–Kier alpha value is -3.30. The fraction of sp³-hybridized carbons (Fsp3) is 0.476. The quantitative estimate of drug-likeness (QED) is 0.552. The maximum absolute atomic E-state index is 13.8. The standard InChI is InChI=1S/C21H25FN6O3/c1-20(2)8-13-9-21(3,10-20)11-27(13)18-16(28(30)31)17(23-12-24-18)25-26-19(29)14-6-4-5-7-15(14)22/h4-7,12-13H,8-11H2,1-3H3,(H,26,29)(H,23,24,25). The van der Waals surface area contributed by atoms with E-state index in [0.29, 0.717) is 6.54 Å². The number of nitrogens with zero attached hydrogens (tertiary/aromatic N) is 4. The molecule has 2 unspecified atom stereocenters. The van der Waals surface area contributed by atoms with E-state index in [4.69, 9.17) is 0 Å². The lowest BCUT2D eigenvalue weighted by molar-refractivity contribution is -0.383. The number of carbonyl (C=O) groups is 1. The molecule has 2 bridgehead atoms. The van der Waals surface area contributed by atoms with Crippen LogP contribution in [0.15, 0.2) is 30.6 Å². The number of amides is 1. The van der Waals surface area contributed by atoms with Crippen molar-refractivity contribution in [2.45, 2.75) is 46.1 Å². The van der Waals surface area contributed by atoms with E-state index >= 15 is 0 Å². The molecule has 1 aliphatic carbocycles. The van der Waals surface area contributed by atoms with Crippen molar-refractivity contribution in [1.29, 1.82) is 0 Å². The number of benzene rings is 1. The SMILES string of the molecule is CC1(C)CC2CC(C)(CN2c2ncnc(NNC(=O)c3ccccc3F)c2[N+](=O)[O-])C1. The first-order valence-corrected chi connectivity index (χ1v) is 10.2. The maximum atomic E-state index is 13.8. The van der Waals surface area contributed by atoms with Crippen molar-refractivity contribution in [3.05, 3.63) is 52.1 Å². The van der Waals surface area contributed by atoms with Crippen LogP contribution in [0.5, 0.6) is 0 Å². The zero-order chi connectivity index (χ0) is 22.4. The first kappa shape index (κ1) is 21.0. The minimum Gasteiger partial charge on any atom is -0.347 e. The molecule has 1 saturated carbocycles. The molecule has 1 saturated heterocycles. The van der Waals surface area contributed by atoms with Crippen molar-refractivity contribution in [3.63, 3.8) is 0 Å². The molecule has 2 heterocycles. The lowest BCUT2D eigenvalue weighted by atomic mass is 9.65. The summed E-state index contributed by atoms with van der Waals surface area (Å²) in [6.07, 6.45) is 4.13. The predicted octanol–water partition coefficient (Wildman–Crippen LogP) is 3.69. The molecular weight excluding hydrogens is 403 g/mol. The summed E-state index contributed by atoms with van der Waals surface area (Å²) in [6, 6.07) is 5.61. The van der Waals surface area contributed by atoms with Gasteiger partial charge in [-0.1, -0.05) is 32.9 Å². The monoisotopic (exact) mass is 428 g/mol. The number of carbonyl (C=O) groups excluding carboxylic acids is 1. The van der Waals surface area contributed by atoms with Crippen LogP contribution in [0.1, 0.15) is 50.4 Å². The first-order valence-electron chi connectivity index (χ1n) is 10.2. The number of halogens is 1. The number of rotatable bonds is 5. The molecule has 31 heavy (non-hydrogen) atoms. The summed E-state index contributed by atoms with van der Waals surface area (Å²) < 4.78 is 13.8. The van der Waals surface area contributed by atoms with Crippen molar-refractivity contribution in [2.24, 2.45) is 10.8 Å². The predicted molar refractivity (Wildman–Crippen MR) is 113 cm³/mol. The molecule has 2 aromatic rings. The van der Waals surface area contributed by atoms with Gasteiger partial charge in [-0.05, 0) is 42.2 Å². The maximum Gasteiger partial charge on any atom is 0.355 e. The van der Waals surface area contributed by atoms with Gasteiger partial charge in [0.05, 0.1) is 10.5 Å². The molecule has 0 radical (unpaired) electrons. The molecule has 10 heteroatoms. The molecule has 1 aliphatic heterocycles. The Bertz CT molecular complexity index is 1050. The molecule has 164 valence electrons. The third-order valence-corrected chi connectivity index (χ3v) is 6.09. The van der Waals surface area contributed by atoms with Crippen molar-refractivity contribution in [1.82, 2.24) is 15.4 Å². The number of fused-ring (bicyclic) bond motifs is 2. The molecule has 2 N–H and O–H groups in total. The first-order chi connectivity index (χ1) is 14.6. The van der Waals surface area contributed by atoms with E-state index in [1.165, 1.54) is 24.5 Å². The van der Waals surface area contributed by atoms with Gasteiger partial charge in [0.25, 0.3) is 5.91 Å². The minimum absolute atomic E-state index is 0.0535. The van der Waals surface area contributed by atoms with Crippen LogP contribution in [0, 0.1) is 26.8 Å². The molecule has 0 spiro atoms. The van der Waals surface area contributed by atoms with Gasteiger partial charge in [0.1, 0.15) is 12.1 Å². The highest BCUT2D eigenvalue weighted by Gasteiger charge is 2.51. The van der Waals surface area contributed by atoms with E-state index in [2.05, 4.69) is 41.6 Å². The number of aromatic nitrogens is 2. The Morgan fingerprint density at radius 3 is 2.71 bits per heavy atom. The Balaban J connectivity index is 1.62. The summed E-state index contributed by atoms with van der Waals surface area (Å²) in [4.78, 5) is 33.9. The number of hydrazine groups is 1. The molecule has 4 rings (SSSR count). The van der Waals surface area contributed by atoms with Gasteiger partial charge in [-0.15, -0.1) is 0 Å². The molecule has 9 nitrogen and oxygen atoms in total. The highest BCUT2D eigenvalue weighted by molar-refractivity contribution is 5.95. The van der Waals surface area contributed by atoms with E-state index in [1.54, 1.807) is 0 Å².